The van der Waals surface area contributed by atoms with Gasteiger partial charge < -0.3 is 5.11 Å². The lowest BCUT2D eigenvalue weighted by Gasteiger charge is -2.12. The van der Waals surface area contributed by atoms with Gasteiger partial charge >= 0.3 is 0 Å². The van der Waals surface area contributed by atoms with E-state index < -0.39 is 0 Å². The van der Waals surface area contributed by atoms with Crippen LogP contribution in [0.2, 0.25) is 0 Å². The normalized spacial score (nSPS) is 10.7. The molecule has 0 aliphatic carbocycles. The average Bonchev–Trinajstić information content (AvgIpc) is 2.26. The summed E-state index contributed by atoms with van der Waals surface area (Å²) in [5.74, 6) is 0.476. The number of aromatic nitrogens is 2. The predicted octanol–water partition coefficient (Wildman–Crippen LogP) is 2.87. The lowest BCUT2D eigenvalue weighted by molar-refractivity contribution is 0.271. The van der Waals surface area contributed by atoms with Gasteiger partial charge in [-0.05, 0) is 44.9 Å². The van der Waals surface area contributed by atoms with Crippen LogP contribution in [0.15, 0.2) is 18.2 Å². The van der Waals surface area contributed by atoms with Gasteiger partial charge in [-0.1, -0.05) is 17.7 Å². The van der Waals surface area contributed by atoms with Crippen molar-refractivity contribution in [3.63, 3.8) is 0 Å². The number of aliphatic hydroxyl groups is 1. The van der Waals surface area contributed by atoms with Crippen molar-refractivity contribution in [1.29, 1.82) is 0 Å². The first kappa shape index (κ1) is 12.7. The molecular weight excluding hydrogens is 224 g/mol. The van der Waals surface area contributed by atoms with E-state index >= 15 is 0 Å². The van der Waals surface area contributed by atoms with Crippen LogP contribution >= 0.6 is 0 Å². The van der Waals surface area contributed by atoms with Gasteiger partial charge in [0.15, 0.2) is 5.82 Å². The van der Waals surface area contributed by atoms with E-state index in [1.54, 1.807) is 0 Å². The van der Waals surface area contributed by atoms with Crippen molar-refractivity contribution in [2.75, 3.05) is 0 Å². The highest BCUT2D eigenvalue weighted by molar-refractivity contribution is 5.68. The van der Waals surface area contributed by atoms with Crippen LogP contribution in [0.4, 0.5) is 0 Å². The molecule has 1 N–H and O–H groups in total. The van der Waals surface area contributed by atoms with Crippen molar-refractivity contribution in [3.8, 4) is 11.3 Å². The molecule has 0 aliphatic heterocycles. The van der Waals surface area contributed by atoms with Crippen molar-refractivity contribution < 1.29 is 5.11 Å². The second-order valence-corrected chi connectivity index (χ2v) is 4.74. The lowest BCUT2D eigenvalue weighted by Crippen LogP contribution is -2.00. The average molecular weight is 242 g/mol. The Balaban J connectivity index is 2.65. The maximum Gasteiger partial charge on any atom is 0.154 e. The van der Waals surface area contributed by atoms with Crippen molar-refractivity contribution in [1.82, 2.24) is 9.97 Å². The summed E-state index contributed by atoms with van der Waals surface area (Å²) >= 11 is 0. The van der Waals surface area contributed by atoms with Gasteiger partial charge in [0.05, 0.1) is 5.69 Å². The third-order valence-electron chi connectivity index (χ3n) is 2.98. The number of benzene rings is 1. The highest BCUT2D eigenvalue weighted by atomic mass is 16.3. The van der Waals surface area contributed by atoms with E-state index in [2.05, 4.69) is 42.9 Å². The number of rotatable bonds is 2. The van der Waals surface area contributed by atoms with Crippen LogP contribution in [-0.2, 0) is 6.61 Å². The Morgan fingerprint density at radius 1 is 0.944 bits per heavy atom. The fourth-order valence-electron chi connectivity index (χ4n) is 2.41. The Morgan fingerprint density at radius 3 is 2.11 bits per heavy atom. The Kier molecular flexibility index (Phi) is 3.43. The molecule has 0 radical (unpaired) electrons. The number of hydrogen-bond donors (Lipinski definition) is 1. The molecule has 0 atom stereocenters. The van der Waals surface area contributed by atoms with Crippen molar-refractivity contribution in [2.24, 2.45) is 0 Å². The van der Waals surface area contributed by atoms with Gasteiger partial charge in [0.1, 0.15) is 6.61 Å². The number of nitrogens with zero attached hydrogens (tertiary/aromatic N) is 2. The molecule has 94 valence electrons. The molecule has 0 unspecified atom stereocenters. The molecule has 0 amide bonds. The lowest BCUT2D eigenvalue weighted by atomic mass is 9.97. The molecule has 1 aromatic heterocycles. The molecule has 2 aromatic rings. The molecular formula is C15H18N2O. The smallest absolute Gasteiger partial charge is 0.154 e. The third kappa shape index (κ3) is 2.41. The highest BCUT2D eigenvalue weighted by Gasteiger charge is 2.10. The molecule has 2 rings (SSSR count). The van der Waals surface area contributed by atoms with Crippen LogP contribution in [0.25, 0.3) is 11.3 Å². The fourth-order valence-corrected chi connectivity index (χ4v) is 2.41. The predicted molar refractivity (Wildman–Crippen MR) is 72.3 cm³/mol. The first-order valence-electron chi connectivity index (χ1n) is 6.05. The van der Waals surface area contributed by atoms with Gasteiger partial charge in [0.25, 0.3) is 0 Å². The summed E-state index contributed by atoms with van der Waals surface area (Å²) < 4.78 is 0. The van der Waals surface area contributed by atoms with Crippen molar-refractivity contribution in [2.45, 2.75) is 34.3 Å². The van der Waals surface area contributed by atoms with Crippen LogP contribution in [-0.4, -0.2) is 15.1 Å². The SMILES string of the molecule is Cc1cc(C)c(-c2cc(C)nc(CO)n2)c(C)c1. The van der Waals surface area contributed by atoms with E-state index in [1.807, 2.05) is 13.0 Å². The maximum absolute atomic E-state index is 9.19. The van der Waals surface area contributed by atoms with Gasteiger partial charge in [0, 0.05) is 11.3 Å². The van der Waals surface area contributed by atoms with E-state index in [9.17, 15) is 5.11 Å². The van der Waals surface area contributed by atoms with Crippen LogP contribution in [0.5, 0.6) is 0 Å². The first-order valence-corrected chi connectivity index (χ1v) is 6.05. The summed E-state index contributed by atoms with van der Waals surface area (Å²) in [6, 6.07) is 6.26. The molecule has 1 heterocycles. The van der Waals surface area contributed by atoms with Gasteiger partial charge in [-0.15, -0.1) is 0 Å². The summed E-state index contributed by atoms with van der Waals surface area (Å²) in [6.07, 6.45) is 0. The summed E-state index contributed by atoms with van der Waals surface area (Å²) in [7, 11) is 0. The Bertz CT molecular complexity index is 568. The third-order valence-corrected chi connectivity index (χ3v) is 2.98. The standard InChI is InChI=1S/C15H18N2O/c1-9-5-10(2)15(11(3)6-9)13-7-12(4)16-14(8-18)17-13/h5-7,18H,8H2,1-4H3. The summed E-state index contributed by atoms with van der Waals surface area (Å²) in [5.41, 5.74) is 6.57. The summed E-state index contributed by atoms with van der Waals surface area (Å²) in [5, 5.41) is 9.19. The molecule has 0 aliphatic rings. The zero-order valence-electron chi connectivity index (χ0n) is 11.3. The van der Waals surface area contributed by atoms with Gasteiger partial charge in [0.2, 0.25) is 0 Å². The molecule has 0 bridgehead atoms. The zero-order chi connectivity index (χ0) is 13.3. The van der Waals surface area contributed by atoms with E-state index in [4.69, 9.17) is 0 Å². The molecule has 0 fully saturated rings. The monoisotopic (exact) mass is 242 g/mol. The van der Waals surface area contributed by atoms with Crippen LogP contribution < -0.4 is 0 Å². The summed E-state index contributed by atoms with van der Waals surface area (Å²) in [6.45, 7) is 8.06. The molecule has 3 nitrogen and oxygen atoms in total. The largest absolute Gasteiger partial charge is 0.388 e. The van der Waals surface area contributed by atoms with Crippen LogP contribution in [0, 0.1) is 27.7 Å². The minimum Gasteiger partial charge on any atom is -0.388 e. The quantitative estimate of drug-likeness (QED) is 0.880. The first-order chi connectivity index (χ1) is 8.51. The molecule has 18 heavy (non-hydrogen) atoms. The maximum atomic E-state index is 9.19. The van der Waals surface area contributed by atoms with Gasteiger partial charge in [-0.25, -0.2) is 9.97 Å². The highest BCUT2D eigenvalue weighted by Crippen LogP contribution is 2.27. The number of aryl methyl sites for hydroxylation is 4. The van der Waals surface area contributed by atoms with Crippen LogP contribution in [0.3, 0.4) is 0 Å². The zero-order valence-corrected chi connectivity index (χ0v) is 11.3. The second-order valence-electron chi connectivity index (χ2n) is 4.74. The fraction of sp³-hybridized carbons (Fsp3) is 0.333. The van der Waals surface area contributed by atoms with E-state index in [0.29, 0.717) is 5.82 Å². The molecule has 1 aromatic carbocycles. The number of hydrogen-bond acceptors (Lipinski definition) is 3. The van der Waals surface area contributed by atoms with Crippen molar-refractivity contribution >= 4 is 0 Å². The minimum atomic E-state index is -0.126. The van der Waals surface area contributed by atoms with Gasteiger partial charge in [-0.2, -0.15) is 0 Å². The Labute approximate surface area is 108 Å². The Morgan fingerprint density at radius 2 is 1.56 bits per heavy atom. The minimum absolute atomic E-state index is 0.126. The van der Waals surface area contributed by atoms with Crippen LogP contribution in [0.1, 0.15) is 28.2 Å². The molecule has 0 saturated heterocycles. The molecule has 3 heteroatoms. The molecule has 0 spiro atoms. The van der Waals surface area contributed by atoms with Gasteiger partial charge in [-0.3, -0.25) is 0 Å². The van der Waals surface area contributed by atoms with E-state index in [0.717, 1.165) is 17.0 Å². The Hall–Kier alpha value is -1.74. The van der Waals surface area contributed by atoms with Crippen molar-refractivity contribution in [3.05, 3.63) is 46.4 Å². The number of aliphatic hydroxyl groups excluding tert-OH is 1. The van der Waals surface area contributed by atoms with E-state index in [1.165, 1.54) is 16.7 Å². The van der Waals surface area contributed by atoms with E-state index in [-0.39, 0.29) is 6.61 Å². The topological polar surface area (TPSA) is 46.0 Å². The second kappa shape index (κ2) is 4.86. The summed E-state index contributed by atoms with van der Waals surface area (Å²) in [4.78, 5) is 8.61. The molecule has 0 saturated carbocycles.